The molecule has 0 spiro atoms. The van der Waals surface area contributed by atoms with Crippen molar-refractivity contribution >= 4 is 23.1 Å². The molecule has 0 atom stereocenters. The van der Waals surface area contributed by atoms with E-state index in [1.807, 2.05) is 19.1 Å². The highest BCUT2D eigenvalue weighted by atomic mass is 19.1. The lowest BCUT2D eigenvalue weighted by Gasteiger charge is -2.45. The van der Waals surface area contributed by atoms with Crippen molar-refractivity contribution in [1.29, 1.82) is 0 Å². The maximum Gasteiger partial charge on any atom is 0.150 e. The second-order valence-electron chi connectivity index (χ2n) is 7.14. The van der Waals surface area contributed by atoms with E-state index in [4.69, 9.17) is 0 Å². The summed E-state index contributed by atoms with van der Waals surface area (Å²) in [6, 6.07) is 10.2. The number of β-amino-alcohol motifs (C(OH)–C–C–N with tert-alkyl or cyclic N) is 1. The number of hydrogen-bond acceptors (Lipinski definition) is 7. The van der Waals surface area contributed by atoms with E-state index < -0.39 is 5.60 Å². The first-order valence-electron chi connectivity index (χ1n) is 8.98. The molecule has 0 bridgehead atoms. The Morgan fingerprint density at radius 3 is 2.54 bits per heavy atom. The molecule has 3 heterocycles. The molecule has 7 nitrogen and oxygen atoms in total. The molecule has 3 N–H and O–H groups in total. The fourth-order valence-corrected chi connectivity index (χ4v) is 3.10. The molecule has 1 aliphatic heterocycles. The molecule has 0 saturated carbocycles. The lowest BCUT2D eigenvalue weighted by atomic mass is 9.96. The van der Waals surface area contributed by atoms with E-state index in [0.29, 0.717) is 37.1 Å². The molecule has 4 rings (SSSR count). The predicted molar refractivity (Wildman–Crippen MR) is 106 cm³/mol. The van der Waals surface area contributed by atoms with E-state index in [0.717, 1.165) is 11.3 Å². The Morgan fingerprint density at radius 2 is 1.86 bits per heavy atom. The van der Waals surface area contributed by atoms with Crippen molar-refractivity contribution in [2.75, 3.05) is 28.6 Å². The van der Waals surface area contributed by atoms with Gasteiger partial charge in [-0.3, -0.25) is 4.98 Å². The predicted octanol–water partition coefficient (Wildman–Crippen LogP) is 2.94. The molecule has 0 unspecified atom stereocenters. The molecule has 1 saturated heterocycles. The Labute approximate surface area is 162 Å². The van der Waals surface area contributed by atoms with Crippen LogP contribution in [0.4, 0.5) is 27.5 Å². The van der Waals surface area contributed by atoms with Gasteiger partial charge in [0.1, 0.15) is 23.3 Å². The zero-order valence-electron chi connectivity index (χ0n) is 15.4. The van der Waals surface area contributed by atoms with Gasteiger partial charge in [0.05, 0.1) is 11.8 Å². The molecule has 0 radical (unpaired) electrons. The summed E-state index contributed by atoms with van der Waals surface area (Å²) in [5, 5.41) is 16.5. The summed E-state index contributed by atoms with van der Waals surface area (Å²) in [5.74, 6) is 1.61. The highest BCUT2D eigenvalue weighted by Crippen LogP contribution is 2.31. The van der Waals surface area contributed by atoms with Crippen molar-refractivity contribution < 1.29 is 9.50 Å². The first-order chi connectivity index (χ1) is 13.5. The third kappa shape index (κ3) is 4.34. The van der Waals surface area contributed by atoms with Gasteiger partial charge in [0, 0.05) is 49.8 Å². The summed E-state index contributed by atoms with van der Waals surface area (Å²) >= 11 is 0. The quantitative estimate of drug-likeness (QED) is 0.606. The van der Waals surface area contributed by atoms with Crippen LogP contribution in [0.25, 0.3) is 0 Å². The number of nitrogens with zero attached hydrogens (tertiary/aromatic N) is 4. The lowest BCUT2D eigenvalue weighted by Crippen LogP contribution is -2.60. The standard InChI is InChI=1S/C20H21FN6O/c1-20(28)12-27(13-20)16-8-17(24-10-14-2-4-15(21)5-3-14)25-18(9-16)26-19-11-22-6-7-23-19/h2-9,11,28H,10,12-13H2,1H3,(H2,23,24,25,26). The van der Waals surface area contributed by atoms with E-state index in [2.05, 4.69) is 30.5 Å². The highest BCUT2D eigenvalue weighted by molar-refractivity contribution is 5.65. The fraction of sp³-hybridized carbons (Fsp3) is 0.250. The summed E-state index contributed by atoms with van der Waals surface area (Å²) < 4.78 is 13.1. The average molecular weight is 380 g/mol. The summed E-state index contributed by atoms with van der Waals surface area (Å²) in [6.45, 7) is 3.44. The minimum atomic E-state index is -0.677. The molecular formula is C20H21FN6O. The number of pyridine rings is 1. The van der Waals surface area contributed by atoms with Crippen molar-refractivity contribution in [3.63, 3.8) is 0 Å². The van der Waals surface area contributed by atoms with Gasteiger partial charge in [0.25, 0.3) is 0 Å². The minimum Gasteiger partial charge on any atom is -0.386 e. The van der Waals surface area contributed by atoms with Crippen molar-refractivity contribution in [3.05, 3.63) is 66.4 Å². The molecule has 2 aromatic heterocycles. The Bertz CT molecular complexity index is 941. The van der Waals surface area contributed by atoms with Crippen LogP contribution in [-0.4, -0.2) is 38.7 Å². The van der Waals surface area contributed by atoms with E-state index >= 15 is 0 Å². The van der Waals surface area contributed by atoms with Crippen LogP contribution in [0.3, 0.4) is 0 Å². The Morgan fingerprint density at radius 1 is 1.11 bits per heavy atom. The number of anilines is 4. The maximum atomic E-state index is 13.1. The maximum absolute atomic E-state index is 13.1. The van der Waals surface area contributed by atoms with Gasteiger partial charge in [-0.15, -0.1) is 0 Å². The molecule has 28 heavy (non-hydrogen) atoms. The van der Waals surface area contributed by atoms with Crippen LogP contribution in [0.1, 0.15) is 12.5 Å². The van der Waals surface area contributed by atoms with E-state index in [9.17, 15) is 9.50 Å². The van der Waals surface area contributed by atoms with Crippen molar-refractivity contribution in [3.8, 4) is 0 Å². The Kier molecular flexibility index (Phi) is 4.79. The monoisotopic (exact) mass is 380 g/mol. The summed E-state index contributed by atoms with van der Waals surface area (Å²) in [4.78, 5) is 14.9. The minimum absolute atomic E-state index is 0.260. The normalized spacial score (nSPS) is 15.0. The number of aliphatic hydroxyl groups is 1. The zero-order chi connectivity index (χ0) is 19.6. The molecule has 8 heteroatoms. The van der Waals surface area contributed by atoms with Crippen molar-refractivity contribution in [1.82, 2.24) is 15.0 Å². The Balaban J connectivity index is 1.55. The van der Waals surface area contributed by atoms with Crippen LogP contribution in [0.5, 0.6) is 0 Å². The molecule has 144 valence electrons. The van der Waals surface area contributed by atoms with Crippen LogP contribution in [0.2, 0.25) is 0 Å². The number of aromatic nitrogens is 3. The van der Waals surface area contributed by atoms with E-state index in [1.165, 1.54) is 12.1 Å². The number of hydrogen-bond donors (Lipinski definition) is 3. The molecule has 0 aliphatic carbocycles. The average Bonchev–Trinajstić information content (AvgIpc) is 2.66. The van der Waals surface area contributed by atoms with E-state index in [-0.39, 0.29) is 5.82 Å². The van der Waals surface area contributed by atoms with Crippen molar-refractivity contribution in [2.24, 2.45) is 0 Å². The van der Waals surface area contributed by atoms with Gasteiger partial charge < -0.3 is 20.6 Å². The van der Waals surface area contributed by atoms with Gasteiger partial charge in [-0.1, -0.05) is 12.1 Å². The van der Waals surface area contributed by atoms with Crippen LogP contribution >= 0.6 is 0 Å². The van der Waals surface area contributed by atoms with Gasteiger partial charge in [-0.05, 0) is 24.6 Å². The van der Waals surface area contributed by atoms with Crippen molar-refractivity contribution in [2.45, 2.75) is 19.1 Å². The van der Waals surface area contributed by atoms with E-state index in [1.54, 1.807) is 30.7 Å². The van der Waals surface area contributed by atoms with Gasteiger partial charge >= 0.3 is 0 Å². The summed E-state index contributed by atoms with van der Waals surface area (Å²) in [5.41, 5.74) is 1.21. The summed E-state index contributed by atoms with van der Waals surface area (Å²) in [6.07, 6.45) is 4.83. The van der Waals surface area contributed by atoms with Gasteiger partial charge in [0.2, 0.25) is 0 Å². The number of rotatable bonds is 6. The van der Waals surface area contributed by atoms with Gasteiger partial charge in [-0.2, -0.15) is 0 Å². The van der Waals surface area contributed by atoms with Crippen LogP contribution < -0.4 is 15.5 Å². The number of halogens is 1. The Hall–Kier alpha value is -3.26. The molecule has 1 fully saturated rings. The molecule has 1 aromatic carbocycles. The molecule has 3 aromatic rings. The topological polar surface area (TPSA) is 86.2 Å². The molecule has 1 aliphatic rings. The summed E-state index contributed by atoms with van der Waals surface area (Å²) in [7, 11) is 0. The van der Waals surface area contributed by atoms with Crippen LogP contribution in [-0.2, 0) is 6.54 Å². The first-order valence-corrected chi connectivity index (χ1v) is 8.98. The smallest absolute Gasteiger partial charge is 0.150 e. The highest BCUT2D eigenvalue weighted by Gasteiger charge is 2.36. The lowest BCUT2D eigenvalue weighted by molar-refractivity contribution is 0.0310. The van der Waals surface area contributed by atoms with Crippen LogP contribution in [0.15, 0.2) is 55.0 Å². The largest absolute Gasteiger partial charge is 0.386 e. The fourth-order valence-electron chi connectivity index (χ4n) is 3.10. The second kappa shape index (κ2) is 7.40. The number of nitrogens with one attached hydrogen (secondary N) is 2. The third-order valence-corrected chi connectivity index (χ3v) is 4.44. The second-order valence-corrected chi connectivity index (χ2v) is 7.14. The molecule has 0 amide bonds. The third-order valence-electron chi connectivity index (χ3n) is 4.44. The SMILES string of the molecule is CC1(O)CN(c2cc(NCc3ccc(F)cc3)nc(Nc3cnccn3)c2)C1. The van der Waals surface area contributed by atoms with Crippen LogP contribution in [0, 0.1) is 5.82 Å². The van der Waals surface area contributed by atoms with Gasteiger partial charge in [0.15, 0.2) is 0 Å². The molecular weight excluding hydrogens is 359 g/mol. The van der Waals surface area contributed by atoms with Gasteiger partial charge in [-0.25, -0.2) is 14.4 Å². The zero-order valence-corrected chi connectivity index (χ0v) is 15.4. The first kappa shape index (κ1) is 18.1. The number of benzene rings is 1.